The topological polar surface area (TPSA) is 49.0 Å². The van der Waals surface area contributed by atoms with E-state index in [4.69, 9.17) is 0 Å². The van der Waals surface area contributed by atoms with E-state index in [1.807, 2.05) is 44.4 Å². The Morgan fingerprint density at radius 3 is 2.61 bits per heavy atom. The predicted octanol–water partition coefficient (Wildman–Crippen LogP) is 1.54. The average molecular weight is 243 g/mol. The second-order valence-electron chi connectivity index (χ2n) is 4.50. The molecule has 4 heteroatoms. The molecule has 4 nitrogen and oxygen atoms in total. The van der Waals surface area contributed by atoms with Gasteiger partial charge in [-0.05, 0) is 14.1 Å². The van der Waals surface area contributed by atoms with E-state index in [-0.39, 0.29) is 5.56 Å². The fourth-order valence-electron chi connectivity index (χ4n) is 1.71. The molecule has 2 aromatic rings. The van der Waals surface area contributed by atoms with Crippen LogP contribution in [-0.2, 0) is 6.42 Å². The van der Waals surface area contributed by atoms with Crippen LogP contribution >= 0.6 is 0 Å². The predicted molar refractivity (Wildman–Crippen MR) is 72.6 cm³/mol. The largest absolute Gasteiger partial charge is 0.310 e. The van der Waals surface area contributed by atoms with Crippen LogP contribution in [0.4, 0.5) is 0 Å². The summed E-state index contributed by atoms with van der Waals surface area (Å²) in [6.07, 6.45) is 0.739. The van der Waals surface area contributed by atoms with Gasteiger partial charge in [0.2, 0.25) is 0 Å². The monoisotopic (exact) mass is 243 g/mol. The van der Waals surface area contributed by atoms with Crippen LogP contribution in [0.15, 0.2) is 41.2 Å². The van der Waals surface area contributed by atoms with Crippen LogP contribution in [-0.4, -0.2) is 35.5 Å². The van der Waals surface area contributed by atoms with Crippen molar-refractivity contribution in [2.75, 3.05) is 20.6 Å². The van der Waals surface area contributed by atoms with E-state index in [0.717, 1.165) is 30.0 Å². The molecular formula is C14H17N3O. The van der Waals surface area contributed by atoms with Crippen molar-refractivity contribution < 1.29 is 0 Å². The van der Waals surface area contributed by atoms with Gasteiger partial charge in [0.1, 0.15) is 5.82 Å². The Kier molecular flexibility index (Phi) is 3.89. The number of nitrogens with zero attached hydrogens (tertiary/aromatic N) is 2. The van der Waals surface area contributed by atoms with Crippen molar-refractivity contribution in [2.24, 2.45) is 0 Å². The van der Waals surface area contributed by atoms with Crippen molar-refractivity contribution >= 4 is 0 Å². The van der Waals surface area contributed by atoms with Crippen LogP contribution in [0.3, 0.4) is 0 Å². The summed E-state index contributed by atoms with van der Waals surface area (Å²) in [6.45, 7) is 0.862. The second-order valence-corrected chi connectivity index (χ2v) is 4.50. The fourth-order valence-corrected chi connectivity index (χ4v) is 1.71. The van der Waals surface area contributed by atoms with Crippen molar-refractivity contribution in [3.63, 3.8) is 0 Å². The lowest BCUT2D eigenvalue weighted by Crippen LogP contribution is -2.19. The molecule has 0 aliphatic rings. The molecule has 0 unspecified atom stereocenters. The molecule has 0 fully saturated rings. The highest BCUT2D eigenvalue weighted by Crippen LogP contribution is 2.14. The second kappa shape index (κ2) is 5.60. The van der Waals surface area contributed by atoms with Crippen LogP contribution in [0, 0.1) is 0 Å². The Morgan fingerprint density at radius 1 is 1.22 bits per heavy atom. The molecule has 1 aromatic carbocycles. The maximum atomic E-state index is 11.6. The molecule has 1 aromatic heterocycles. The number of nitrogens with one attached hydrogen (secondary N) is 1. The van der Waals surface area contributed by atoms with Crippen molar-refractivity contribution in [3.05, 3.63) is 52.6 Å². The zero-order valence-electron chi connectivity index (χ0n) is 10.7. The molecule has 94 valence electrons. The third-order valence-electron chi connectivity index (χ3n) is 2.66. The lowest BCUT2D eigenvalue weighted by atomic mass is 10.1. The van der Waals surface area contributed by atoms with Crippen LogP contribution in [0.5, 0.6) is 0 Å². The summed E-state index contributed by atoms with van der Waals surface area (Å²) in [6, 6.07) is 11.3. The van der Waals surface area contributed by atoms with E-state index in [9.17, 15) is 4.79 Å². The van der Waals surface area contributed by atoms with Crippen molar-refractivity contribution in [2.45, 2.75) is 6.42 Å². The van der Waals surface area contributed by atoms with Gasteiger partial charge in [-0.15, -0.1) is 0 Å². The van der Waals surface area contributed by atoms with E-state index in [1.165, 1.54) is 6.07 Å². The summed E-state index contributed by atoms with van der Waals surface area (Å²) in [5.41, 5.74) is 1.60. The summed E-state index contributed by atoms with van der Waals surface area (Å²) in [4.78, 5) is 21.0. The Labute approximate surface area is 106 Å². The standard InChI is InChI=1S/C14H17N3O/c1-17(2)9-8-13-15-12(10-14(18)16-13)11-6-4-3-5-7-11/h3-7,10H,8-9H2,1-2H3,(H,15,16,18). The van der Waals surface area contributed by atoms with Gasteiger partial charge >= 0.3 is 0 Å². The number of benzene rings is 1. The molecule has 1 N–H and O–H groups in total. The maximum absolute atomic E-state index is 11.6. The Bertz CT molecular complexity index is 561. The number of H-pyrrole nitrogens is 1. The van der Waals surface area contributed by atoms with Gasteiger partial charge in [0, 0.05) is 24.6 Å². The van der Waals surface area contributed by atoms with Gasteiger partial charge in [0.25, 0.3) is 5.56 Å². The van der Waals surface area contributed by atoms with Crippen LogP contribution < -0.4 is 5.56 Å². The van der Waals surface area contributed by atoms with Gasteiger partial charge < -0.3 is 9.88 Å². The summed E-state index contributed by atoms with van der Waals surface area (Å²) in [7, 11) is 4.00. The molecule has 0 radical (unpaired) electrons. The van der Waals surface area contributed by atoms with E-state index >= 15 is 0 Å². The summed E-state index contributed by atoms with van der Waals surface area (Å²) in [5, 5.41) is 0. The quantitative estimate of drug-likeness (QED) is 0.886. The molecule has 1 heterocycles. The zero-order valence-corrected chi connectivity index (χ0v) is 10.7. The number of aromatic nitrogens is 2. The van der Waals surface area contributed by atoms with Gasteiger partial charge in [0.15, 0.2) is 0 Å². The molecule has 0 bridgehead atoms. The van der Waals surface area contributed by atoms with Gasteiger partial charge in [-0.1, -0.05) is 30.3 Å². The summed E-state index contributed by atoms with van der Waals surface area (Å²) < 4.78 is 0. The van der Waals surface area contributed by atoms with E-state index in [0.29, 0.717) is 0 Å². The van der Waals surface area contributed by atoms with Gasteiger partial charge in [0.05, 0.1) is 5.69 Å². The number of aromatic amines is 1. The van der Waals surface area contributed by atoms with Gasteiger partial charge in [-0.2, -0.15) is 0 Å². The first-order valence-corrected chi connectivity index (χ1v) is 5.95. The highest BCUT2D eigenvalue weighted by Gasteiger charge is 2.04. The molecule has 18 heavy (non-hydrogen) atoms. The Morgan fingerprint density at radius 2 is 1.94 bits per heavy atom. The van der Waals surface area contributed by atoms with E-state index < -0.39 is 0 Å². The van der Waals surface area contributed by atoms with Crippen molar-refractivity contribution in [1.82, 2.24) is 14.9 Å². The molecule has 0 aliphatic heterocycles. The minimum Gasteiger partial charge on any atom is -0.310 e. The van der Waals surface area contributed by atoms with E-state index in [1.54, 1.807) is 0 Å². The minimum atomic E-state index is -0.0994. The molecule has 0 atom stereocenters. The summed E-state index contributed by atoms with van der Waals surface area (Å²) >= 11 is 0. The highest BCUT2D eigenvalue weighted by molar-refractivity contribution is 5.58. The molecular weight excluding hydrogens is 226 g/mol. The lowest BCUT2D eigenvalue weighted by Gasteiger charge is -2.09. The molecule has 0 saturated carbocycles. The number of rotatable bonds is 4. The SMILES string of the molecule is CN(C)CCc1nc(-c2ccccc2)cc(=O)[nH]1. The third-order valence-corrected chi connectivity index (χ3v) is 2.66. The first-order valence-electron chi connectivity index (χ1n) is 5.95. The molecule has 0 spiro atoms. The highest BCUT2D eigenvalue weighted by atomic mass is 16.1. The number of hydrogen-bond acceptors (Lipinski definition) is 3. The third kappa shape index (κ3) is 3.28. The van der Waals surface area contributed by atoms with Crippen molar-refractivity contribution in [1.29, 1.82) is 0 Å². The maximum Gasteiger partial charge on any atom is 0.251 e. The lowest BCUT2D eigenvalue weighted by molar-refractivity contribution is 0.409. The number of likely N-dealkylation sites (N-methyl/N-ethyl adjacent to an activating group) is 1. The average Bonchev–Trinajstić information content (AvgIpc) is 2.37. The molecule has 2 rings (SSSR count). The first kappa shape index (κ1) is 12.5. The molecule has 0 aliphatic carbocycles. The zero-order chi connectivity index (χ0) is 13.0. The Hall–Kier alpha value is -1.94. The number of hydrogen-bond donors (Lipinski definition) is 1. The van der Waals surface area contributed by atoms with Gasteiger partial charge in [-0.3, -0.25) is 4.79 Å². The van der Waals surface area contributed by atoms with Crippen LogP contribution in [0.2, 0.25) is 0 Å². The Balaban J connectivity index is 2.30. The summed E-state index contributed by atoms with van der Waals surface area (Å²) in [5.74, 6) is 0.732. The normalized spacial score (nSPS) is 10.8. The molecule has 0 amide bonds. The fraction of sp³-hybridized carbons (Fsp3) is 0.286. The molecule has 0 saturated heterocycles. The first-order chi connectivity index (χ1) is 8.65. The minimum absolute atomic E-state index is 0.0994. The van der Waals surface area contributed by atoms with Crippen LogP contribution in [0.25, 0.3) is 11.3 Å². The van der Waals surface area contributed by atoms with Gasteiger partial charge in [-0.25, -0.2) is 4.98 Å². The van der Waals surface area contributed by atoms with Crippen molar-refractivity contribution in [3.8, 4) is 11.3 Å². The smallest absolute Gasteiger partial charge is 0.251 e. The van der Waals surface area contributed by atoms with E-state index in [2.05, 4.69) is 14.9 Å². The van der Waals surface area contributed by atoms with Crippen LogP contribution in [0.1, 0.15) is 5.82 Å².